The zero-order chi connectivity index (χ0) is 13.7. The molecule has 0 bridgehead atoms. The summed E-state index contributed by atoms with van der Waals surface area (Å²) in [6.07, 6.45) is 0. The van der Waals surface area contributed by atoms with Crippen LogP contribution in [0.3, 0.4) is 0 Å². The Bertz CT molecular complexity index is 460. The number of nitrogens with one attached hydrogen (secondary N) is 2. The van der Waals surface area contributed by atoms with E-state index in [2.05, 4.69) is 16.0 Å². The van der Waals surface area contributed by atoms with Gasteiger partial charge in [-0.15, -0.1) is 0 Å². The number of aryl methyl sites for hydroxylation is 2. The molecule has 0 aliphatic rings. The van der Waals surface area contributed by atoms with Gasteiger partial charge in [0.15, 0.2) is 6.61 Å². The lowest BCUT2D eigenvalue weighted by Gasteiger charge is -2.05. The lowest BCUT2D eigenvalue weighted by Crippen LogP contribution is -2.42. The summed E-state index contributed by atoms with van der Waals surface area (Å²) in [6.45, 7) is 3.87. The van der Waals surface area contributed by atoms with Crippen LogP contribution in [0, 0.1) is 13.8 Å². The van der Waals surface area contributed by atoms with Gasteiger partial charge in [0, 0.05) is 6.92 Å². The number of nitrogens with zero attached hydrogens (tertiary/aromatic N) is 1. The van der Waals surface area contributed by atoms with Crippen LogP contribution in [0.1, 0.15) is 28.7 Å². The summed E-state index contributed by atoms with van der Waals surface area (Å²) in [7, 11) is 0. The Kier molecular flexibility index (Phi) is 4.41. The van der Waals surface area contributed by atoms with Gasteiger partial charge < -0.3 is 9.26 Å². The average molecular weight is 255 g/mol. The van der Waals surface area contributed by atoms with Crippen molar-refractivity contribution in [2.75, 3.05) is 6.61 Å². The number of carbonyl (C=O) groups excluding carboxylic acids is 3. The van der Waals surface area contributed by atoms with Gasteiger partial charge in [-0.1, -0.05) is 5.16 Å². The van der Waals surface area contributed by atoms with E-state index in [0.29, 0.717) is 11.5 Å². The quantitative estimate of drug-likeness (QED) is 0.562. The predicted molar refractivity (Wildman–Crippen MR) is 58.2 cm³/mol. The number of hydrogen-bond acceptors (Lipinski definition) is 6. The molecule has 0 aliphatic carbocycles. The molecule has 0 fully saturated rings. The van der Waals surface area contributed by atoms with Gasteiger partial charge in [-0.3, -0.25) is 20.4 Å². The van der Waals surface area contributed by atoms with E-state index in [-0.39, 0.29) is 5.56 Å². The van der Waals surface area contributed by atoms with E-state index in [0.717, 1.165) is 0 Å². The summed E-state index contributed by atoms with van der Waals surface area (Å²) in [5, 5.41) is 3.59. The molecule has 8 heteroatoms. The van der Waals surface area contributed by atoms with Crippen molar-refractivity contribution in [1.82, 2.24) is 16.0 Å². The van der Waals surface area contributed by atoms with Crippen molar-refractivity contribution < 1.29 is 23.6 Å². The summed E-state index contributed by atoms with van der Waals surface area (Å²) in [5.74, 6) is -1.46. The minimum Gasteiger partial charge on any atom is -0.452 e. The van der Waals surface area contributed by atoms with Crippen LogP contribution in [0.25, 0.3) is 0 Å². The van der Waals surface area contributed by atoms with E-state index >= 15 is 0 Å². The molecule has 0 saturated carbocycles. The van der Waals surface area contributed by atoms with E-state index in [1.165, 1.54) is 6.92 Å². The summed E-state index contributed by atoms with van der Waals surface area (Å²) in [4.78, 5) is 33.3. The van der Waals surface area contributed by atoms with Crippen molar-refractivity contribution in [3.63, 3.8) is 0 Å². The molecule has 0 radical (unpaired) electrons. The highest BCUT2D eigenvalue weighted by molar-refractivity contribution is 5.93. The minimum atomic E-state index is -0.704. The Hall–Kier alpha value is -2.38. The molecule has 0 aliphatic heterocycles. The lowest BCUT2D eigenvalue weighted by atomic mass is 10.2. The predicted octanol–water partition coefficient (Wildman–Crippen LogP) is -0.384. The zero-order valence-corrected chi connectivity index (χ0v) is 10.2. The first-order valence-corrected chi connectivity index (χ1v) is 5.07. The monoisotopic (exact) mass is 255 g/mol. The number of ether oxygens (including phenoxy) is 1. The Balaban J connectivity index is 2.47. The first kappa shape index (κ1) is 13.7. The molecule has 0 saturated heterocycles. The van der Waals surface area contributed by atoms with E-state index in [1.807, 2.05) is 0 Å². The molecule has 98 valence electrons. The third kappa shape index (κ3) is 3.58. The summed E-state index contributed by atoms with van der Waals surface area (Å²) in [5.41, 5.74) is 4.71. The van der Waals surface area contributed by atoms with Crippen molar-refractivity contribution in [3.8, 4) is 0 Å². The van der Waals surface area contributed by atoms with Crippen LogP contribution in [0.2, 0.25) is 0 Å². The molecule has 8 nitrogen and oxygen atoms in total. The van der Waals surface area contributed by atoms with Crippen LogP contribution >= 0.6 is 0 Å². The second-order valence-corrected chi connectivity index (χ2v) is 3.50. The number of aromatic nitrogens is 1. The number of carbonyl (C=O) groups is 3. The standard InChI is InChI=1S/C10H13N3O5/c1-5-9(6(2)18-13-5)10(16)17-4-8(15)12-11-7(3)14/h4H2,1-3H3,(H,11,14)(H,12,15). The molecule has 0 aromatic carbocycles. The summed E-state index contributed by atoms with van der Waals surface area (Å²) in [6, 6.07) is 0. The van der Waals surface area contributed by atoms with Gasteiger partial charge in [0.1, 0.15) is 11.3 Å². The molecule has 0 unspecified atom stereocenters. The molecular weight excluding hydrogens is 242 g/mol. The van der Waals surface area contributed by atoms with Crippen molar-refractivity contribution in [3.05, 3.63) is 17.0 Å². The normalized spacial score (nSPS) is 9.72. The molecule has 1 heterocycles. The number of esters is 1. The fourth-order valence-electron chi connectivity index (χ4n) is 1.17. The van der Waals surface area contributed by atoms with Crippen LogP contribution < -0.4 is 10.9 Å². The SMILES string of the molecule is CC(=O)NNC(=O)COC(=O)c1c(C)noc1C. The second kappa shape index (κ2) is 5.80. The van der Waals surface area contributed by atoms with Gasteiger partial charge in [0.05, 0.1) is 5.69 Å². The van der Waals surface area contributed by atoms with Gasteiger partial charge >= 0.3 is 5.97 Å². The van der Waals surface area contributed by atoms with Crippen LogP contribution in [-0.2, 0) is 14.3 Å². The lowest BCUT2D eigenvalue weighted by molar-refractivity contribution is -0.129. The maximum atomic E-state index is 11.6. The number of hydrazine groups is 1. The van der Waals surface area contributed by atoms with Crippen molar-refractivity contribution >= 4 is 17.8 Å². The smallest absolute Gasteiger partial charge is 0.344 e. The van der Waals surface area contributed by atoms with Crippen LogP contribution in [0.4, 0.5) is 0 Å². The van der Waals surface area contributed by atoms with E-state index < -0.39 is 24.4 Å². The summed E-state index contributed by atoms with van der Waals surface area (Å²) < 4.78 is 9.53. The Morgan fingerprint density at radius 3 is 2.44 bits per heavy atom. The minimum absolute atomic E-state index is 0.197. The highest BCUT2D eigenvalue weighted by atomic mass is 16.5. The van der Waals surface area contributed by atoms with Gasteiger partial charge in [0.2, 0.25) is 5.91 Å². The molecule has 0 atom stereocenters. The molecule has 2 amide bonds. The van der Waals surface area contributed by atoms with Gasteiger partial charge in [-0.05, 0) is 13.8 Å². The van der Waals surface area contributed by atoms with Crippen LogP contribution in [-0.4, -0.2) is 29.5 Å². The van der Waals surface area contributed by atoms with Gasteiger partial charge in [-0.2, -0.15) is 0 Å². The third-order valence-corrected chi connectivity index (χ3v) is 1.95. The largest absolute Gasteiger partial charge is 0.452 e. The number of rotatable bonds is 3. The van der Waals surface area contributed by atoms with E-state index in [1.54, 1.807) is 13.8 Å². The first-order chi connectivity index (χ1) is 8.41. The fraction of sp³-hybridized carbons (Fsp3) is 0.400. The zero-order valence-electron chi connectivity index (χ0n) is 10.2. The first-order valence-electron chi connectivity index (χ1n) is 5.07. The van der Waals surface area contributed by atoms with Crippen molar-refractivity contribution in [2.45, 2.75) is 20.8 Å². The molecule has 1 aromatic heterocycles. The molecule has 1 aromatic rings. The Morgan fingerprint density at radius 2 is 1.94 bits per heavy atom. The van der Waals surface area contributed by atoms with E-state index in [4.69, 9.17) is 9.26 Å². The second-order valence-electron chi connectivity index (χ2n) is 3.50. The van der Waals surface area contributed by atoms with Gasteiger partial charge in [-0.25, -0.2) is 4.79 Å². The third-order valence-electron chi connectivity index (χ3n) is 1.95. The maximum Gasteiger partial charge on any atom is 0.344 e. The van der Waals surface area contributed by atoms with Crippen molar-refractivity contribution in [1.29, 1.82) is 0 Å². The molecular formula is C10H13N3O5. The van der Waals surface area contributed by atoms with Crippen LogP contribution in [0.15, 0.2) is 4.52 Å². The van der Waals surface area contributed by atoms with Crippen molar-refractivity contribution in [2.24, 2.45) is 0 Å². The average Bonchev–Trinajstić information content (AvgIpc) is 2.63. The fourth-order valence-corrected chi connectivity index (χ4v) is 1.17. The molecule has 0 spiro atoms. The van der Waals surface area contributed by atoms with Crippen LogP contribution in [0.5, 0.6) is 0 Å². The highest BCUT2D eigenvalue weighted by Gasteiger charge is 2.19. The number of amides is 2. The summed E-state index contributed by atoms with van der Waals surface area (Å²) >= 11 is 0. The van der Waals surface area contributed by atoms with Gasteiger partial charge in [0.25, 0.3) is 5.91 Å². The molecule has 18 heavy (non-hydrogen) atoms. The number of hydrogen-bond donors (Lipinski definition) is 2. The molecule has 2 N–H and O–H groups in total. The Labute approximate surface area is 103 Å². The maximum absolute atomic E-state index is 11.6. The Morgan fingerprint density at radius 1 is 1.28 bits per heavy atom. The van der Waals surface area contributed by atoms with E-state index in [9.17, 15) is 14.4 Å². The topological polar surface area (TPSA) is 111 Å². The highest BCUT2D eigenvalue weighted by Crippen LogP contribution is 2.13. The molecule has 1 rings (SSSR count).